The highest BCUT2D eigenvalue weighted by Crippen LogP contribution is 2.22. The molecule has 0 atom stereocenters. The van der Waals surface area contributed by atoms with Crippen molar-refractivity contribution in [1.29, 1.82) is 0 Å². The summed E-state index contributed by atoms with van der Waals surface area (Å²) in [6.07, 6.45) is 0. The van der Waals surface area contributed by atoms with Crippen molar-refractivity contribution in [3.05, 3.63) is 30.3 Å². The Hall–Kier alpha value is -1.33. The van der Waals surface area contributed by atoms with E-state index in [9.17, 15) is 8.42 Å². The molecule has 0 saturated heterocycles. The number of benzene rings is 1. The van der Waals surface area contributed by atoms with E-state index < -0.39 is 9.05 Å². The summed E-state index contributed by atoms with van der Waals surface area (Å²) in [5.41, 5.74) is 0.529. The number of aromatic nitrogens is 1. The molecule has 16 heavy (non-hydrogen) atoms. The van der Waals surface area contributed by atoms with Crippen LogP contribution in [0.4, 0.5) is 0 Å². The lowest BCUT2D eigenvalue weighted by Gasteiger charge is -2.02. The number of fused-ring (bicyclic) bond motifs is 1. The first-order chi connectivity index (χ1) is 7.50. The Labute approximate surface area is 97.2 Å². The van der Waals surface area contributed by atoms with Crippen LogP contribution in [0.2, 0.25) is 0 Å². The quantitative estimate of drug-likeness (QED) is 0.774. The van der Waals surface area contributed by atoms with Gasteiger partial charge < -0.3 is 4.74 Å². The molecule has 0 bridgehead atoms. The maximum atomic E-state index is 11.1. The average molecular weight is 258 g/mol. The maximum Gasteiger partial charge on any atom is 0.261 e. The van der Waals surface area contributed by atoms with Crippen LogP contribution >= 0.6 is 10.7 Å². The summed E-state index contributed by atoms with van der Waals surface area (Å²) >= 11 is 0. The van der Waals surface area contributed by atoms with Crippen molar-refractivity contribution in [3.8, 4) is 5.88 Å². The number of halogens is 1. The van der Waals surface area contributed by atoms with E-state index in [1.54, 1.807) is 18.2 Å². The van der Waals surface area contributed by atoms with Gasteiger partial charge in [-0.3, -0.25) is 0 Å². The average Bonchev–Trinajstić information content (AvgIpc) is 2.26. The van der Waals surface area contributed by atoms with Gasteiger partial charge in [0.2, 0.25) is 5.88 Å². The SMILES string of the molecule is COc1ccc2ccc(S(=O)(=O)Cl)cc2n1. The highest BCUT2D eigenvalue weighted by molar-refractivity contribution is 8.13. The number of ether oxygens (including phenoxy) is 1. The minimum Gasteiger partial charge on any atom is -0.481 e. The minimum atomic E-state index is -3.72. The Bertz CT molecular complexity index is 640. The Morgan fingerprint density at radius 1 is 1.25 bits per heavy atom. The first-order valence-electron chi connectivity index (χ1n) is 4.40. The zero-order valence-corrected chi connectivity index (χ0v) is 9.92. The Morgan fingerprint density at radius 2 is 1.94 bits per heavy atom. The van der Waals surface area contributed by atoms with E-state index in [2.05, 4.69) is 4.98 Å². The van der Waals surface area contributed by atoms with Crippen LogP contribution in [0.3, 0.4) is 0 Å². The smallest absolute Gasteiger partial charge is 0.261 e. The fraction of sp³-hybridized carbons (Fsp3) is 0.100. The van der Waals surface area contributed by atoms with Gasteiger partial charge in [-0.2, -0.15) is 0 Å². The Balaban J connectivity index is 2.69. The third kappa shape index (κ3) is 2.10. The number of pyridine rings is 1. The molecule has 84 valence electrons. The van der Waals surface area contributed by atoms with Crippen molar-refractivity contribution in [2.75, 3.05) is 7.11 Å². The van der Waals surface area contributed by atoms with E-state index in [0.717, 1.165) is 5.39 Å². The Kier molecular flexibility index (Phi) is 2.73. The Morgan fingerprint density at radius 3 is 2.56 bits per heavy atom. The second-order valence-corrected chi connectivity index (χ2v) is 5.71. The second kappa shape index (κ2) is 3.92. The number of hydrogen-bond acceptors (Lipinski definition) is 4. The molecule has 1 aromatic heterocycles. The van der Waals surface area contributed by atoms with Gasteiger partial charge >= 0.3 is 0 Å². The van der Waals surface area contributed by atoms with Gasteiger partial charge in [0, 0.05) is 22.1 Å². The molecule has 0 spiro atoms. The van der Waals surface area contributed by atoms with Crippen molar-refractivity contribution < 1.29 is 13.2 Å². The van der Waals surface area contributed by atoms with Gasteiger partial charge in [-0.25, -0.2) is 13.4 Å². The molecular formula is C10H8ClNO3S. The molecule has 0 fully saturated rings. The van der Waals surface area contributed by atoms with Crippen LogP contribution in [0, 0.1) is 0 Å². The molecule has 0 amide bonds. The molecule has 0 aliphatic rings. The largest absolute Gasteiger partial charge is 0.481 e. The predicted molar refractivity (Wildman–Crippen MR) is 61.3 cm³/mol. The maximum absolute atomic E-state index is 11.1. The van der Waals surface area contributed by atoms with Gasteiger partial charge in [0.1, 0.15) is 0 Å². The van der Waals surface area contributed by atoms with Crippen molar-refractivity contribution >= 4 is 30.6 Å². The molecule has 0 unspecified atom stereocenters. The topological polar surface area (TPSA) is 56.3 Å². The molecule has 0 N–H and O–H groups in total. The molecule has 6 heteroatoms. The summed E-state index contributed by atoms with van der Waals surface area (Å²) in [4.78, 5) is 4.15. The third-order valence-electron chi connectivity index (χ3n) is 2.13. The first-order valence-corrected chi connectivity index (χ1v) is 6.71. The van der Waals surface area contributed by atoms with E-state index >= 15 is 0 Å². The van der Waals surface area contributed by atoms with Gasteiger partial charge in [0.25, 0.3) is 9.05 Å². The lowest BCUT2D eigenvalue weighted by molar-refractivity contribution is 0.399. The van der Waals surface area contributed by atoms with Gasteiger partial charge in [-0.05, 0) is 18.2 Å². The van der Waals surface area contributed by atoms with Crippen molar-refractivity contribution in [2.45, 2.75) is 4.90 Å². The molecule has 2 aromatic rings. The summed E-state index contributed by atoms with van der Waals surface area (Å²) in [5, 5.41) is 0.824. The van der Waals surface area contributed by atoms with E-state index in [0.29, 0.717) is 11.4 Å². The zero-order valence-electron chi connectivity index (χ0n) is 8.34. The van der Waals surface area contributed by atoms with Gasteiger partial charge in [-0.15, -0.1) is 0 Å². The van der Waals surface area contributed by atoms with E-state index in [-0.39, 0.29) is 4.90 Å². The molecule has 2 rings (SSSR count). The predicted octanol–water partition coefficient (Wildman–Crippen LogP) is 2.17. The summed E-state index contributed by atoms with van der Waals surface area (Å²) in [6.45, 7) is 0. The highest BCUT2D eigenvalue weighted by Gasteiger charge is 2.10. The molecule has 0 saturated carbocycles. The first kappa shape index (κ1) is 11.2. The van der Waals surface area contributed by atoms with Crippen LogP contribution in [0.5, 0.6) is 5.88 Å². The van der Waals surface area contributed by atoms with Crippen molar-refractivity contribution in [2.24, 2.45) is 0 Å². The normalized spacial score (nSPS) is 11.6. The van der Waals surface area contributed by atoms with E-state index in [4.69, 9.17) is 15.4 Å². The van der Waals surface area contributed by atoms with E-state index in [1.807, 2.05) is 0 Å². The summed E-state index contributed by atoms with van der Waals surface area (Å²) in [6, 6.07) is 8.01. The van der Waals surface area contributed by atoms with Crippen LogP contribution in [-0.2, 0) is 9.05 Å². The molecule has 4 nitrogen and oxygen atoms in total. The summed E-state index contributed by atoms with van der Waals surface area (Å²) in [7, 11) is 3.02. The van der Waals surface area contributed by atoms with Gasteiger partial charge in [0.15, 0.2) is 0 Å². The van der Waals surface area contributed by atoms with Gasteiger partial charge in [0.05, 0.1) is 17.5 Å². The number of hydrogen-bond donors (Lipinski definition) is 0. The lowest BCUT2D eigenvalue weighted by Crippen LogP contribution is -1.92. The third-order valence-corrected chi connectivity index (χ3v) is 3.48. The second-order valence-electron chi connectivity index (χ2n) is 3.15. The number of rotatable bonds is 2. The summed E-state index contributed by atoms with van der Waals surface area (Å²) in [5.74, 6) is 0.427. The minimum absolute atomic E-state index is 0.0300. The molecule has 0 radical (unpaired) electrons. The summed E-state index contributed by atoms with van der Waals surface area (Å²) < 4.78 is 27.2. The van der Waals surface area contributed by atoms with Crippen LogP contribution in [0.1, 0.15) is 0 Å². The van der Waals surface area contributed by atoms with Crippen molar-refractivity contribution in [3.63, 3.8) is 0 Å². The molecular weight excluding hydrogens is 250 g/mol. The molecule has 0 aliphatic carbocycles. The van der Waals surface area contributed by atoms with Gasteiger partial charge in [-0.1, -0.05) is 6.07 Å². The monoisotopic (exact) mass is 257 g/mol. The van der Waals surface area contributed by atoms with Crippen molar-refractivity contribution in [1.82, 2.24) is 4.98 Å². The molecule has 1 heterocycles. The molecule has 1 aromatic carbocycles. The van der Waals surface area contributed by atoms with Crippen LogP contribution in [0.15, 0.2) is 35.2 Å². The van der Waals surface area contributed by atoms with Crippen LogP contribution in [-0.4, -0.2) is 20.5 Å². The van der Waals surface area contributed by atoms with E-state index in [1.165, 1.54) is 19.2 Å². The van der Waals surface area contributed by atoms with Crippen LogP contribution < -0.4 is 4.74 Å². The molecule has 0 aliphatic heterocycles. The zero-order chi connectivity index (χ0) is 11.8. The lowest BCUT2D eigenvalue weighted by atomic mass is 10.2. The standard InChI is InChI=1S/C10H8ClNO3S/c1-15-10-5-3-7-2-4-8(16(11,13)14)6-9(7)12-10/h2-6H,1H3. The fourth-order valence-electron chi connectivity index (χ4n) is 1.34. The number of methoxy groups -OCH3 is 1. The number of nitrogens with zero attached hydrogens (tertiary/aromatic N) is 1. The highest BCUT2D eigenvalue weighted by atomic mass is 35.7. The van der Waals surface area contributed by atoms with Crippen LogP contribution in [0.25, 0.3) is 10.9 Å². The fourth-order valence-corrected chi connectivity index (χ4v) is 2.11.